The van der Waals surface area contributed by atoms with Gasteiger partial charge in [-0.15, -0.1) is 0 Å². The molecule has 1 saturated heterocycles. The normalized spacial score (nSPS) is 18.2. The highest BCUT2D eigenvalue weighted by atomic mass is 19.4. The van der Waals surface area contributed by atoms with E-state index in [-0.39, 0.29) is 18.9 Å². The quantitative estimate of drug-likeness (QED) is 0.709. The average Bonchev–Trinajstić information content (AvgIpc) is 3.27. The molecule has 1 aromatic carbocycles. The molecule has 26 heavy (non-hydrogen) atoms. The van der Waals surface area contributed by atoms with Crippen molar-refractivity contribution in [1.82, 2.24) is 24.6 Å². The van der Waals surface area contributed by atoms with Crippen LogP contribution in [-0.2, 0) is 11.3 Å². The predicted octanol–water partition coefficient (Wildman–Crippen LogP) is 2.35. The third-order valence-corrected chi connectivity index (χ3v) is 4.26. The summed E-state index contributed by atoms with van der Waals surface area (Å²) in [5, 5.41) is 3.88. The summed E-state index contributed by atoms with van der Waals surface area (Å²) in [6.07, 6.45) is -2.83. The number of likely N-dealkylation sites (tertiary alicyclic amines) is 1. The van der Waals surface area contributed by atoms with Crippen LogP contribution in [-0.4, -0.2) is 49.8 Å². The maximum absolute atomic E-state index is 12.5. The molecule has 0 spiro atoms. The maximum atomic E-state index is 12.5. The van der Waals surface area contributed by atoms with Gasteiger partial charge in [0.05, 0.1) is 29.8 Å². The first-order valence-corrected chi connectivity index (χ1v) is 7.96. The van der Waals surface area contributed by atoms with Crippen molar-refractivity contribution in [2.24, 2.45) is 0 Å². The number of imidazole rings is 1. The molecular weight excluding hydrogens is 351 g/mol. The Balaban J connectivity index is 1.48. The van der Waals surface area contributed by atoms with Gasteiger partial charge in [-0.1, -0.05) is 17.3 Å². The second-order valence-corrected chi connectivity index (χ2v) is 6.20. The van der Waals surface area contributed by atoms with Crippen molar-refractivity contribution in [1.29, 1.82) is 0 Å². The van der Waals surface area contributed by atoms with E-state index in [1.165, 1.54) is 0 Å². The fraction of sp³-hybridized carbons (Fsp3) is 0.375. The summed E-state index contributed by atoms with van der Waals surface area (Å²) in [5.74, 6) is -0.523. The number of carbonyl (C=O) groups is 1. The van der Waals surface area contributed by atoms with Crippen LogP contribution in [0.25, 0.3) is 11.0 Å². The van der Waals surface area contributed by atoms with Crippen LogP contribution >= 0.6 is 0 Å². The highest BCUT2D eigenvalue weighted by molar-refractivity contribution is 5.79. The summed E-state index contributed by atoms with van der Waals surface area (Å²) < 4.78 is 44.5. The maximum Gasteiger partial charge on any atom is 0.406 e. The fourth-order valence-corrected chi connectivity index (χ4v) is 3.09. The second-order valence-electron chi connectivity index (χ2n) is 6.20. The lowest BCUT2D eigenvalue weighted by molar-refractivity contribution is -0.157. The largest absolute Gasteiger partial charge is 0.406 e. The van der Waals surface area contributed by atoms with E-state index < -0.39 is 24.5 Å². The summed E-state index contributed by atoms with van der Waals surface area (Å²) in [7, 11) is 0. The number of benzene rings is 1. The van der Waals surface area contributed by atoms with E-state index in [0.717, 1.165) is 15.9 Å². The Hall–Kier alpha value is -2.91. The third kappa shape index (κ3) is 3.26. The van der Waals surface area contributed by atoms with E-state index in [0.29, 0.717) is 12.4 Å². The smallest absolute Gasteiger partial charge is 0.339 e. The molecule has 1 fully saturated rings. The molecule has 1 aliphatic heterocycles. The summed E-state index contributed by atoms with van der Waals surface area (Å²) in [5.41, 5.74) is 1.74. The van der Waals surface area contributed by atoms with Crippen LogP contribution in [0.2, 0.25) is 0 Å². The molecule has 1 atom stereocenters. The van der Waals surface area contributed by atoms with Crippen LogP contribution in [0.1, 0.15) is 24.1 Å². The molecule has 0 aliphatic carbocycles. The number of nitrogens with zero attached hydrogens (tertiary/aromatic N) is 5. The van der Waals surface area contributed by atoms with E-state index in [4.69, 9.17) is 4.52 Å². The predicted molar refractivity (Wildman–Crippen MR) is 83.1 cm³/mol. The summed E-state index contributed by atoms with van der Waals surface area (Å²) in [6, 6.07) is 7.57. The number of para-hydroxylation sites is 2. The Labute approximate surface area is 145 Å². The highest BCUT2D eigenvalue weighted by Gasteiger charge is 2.40. The van der Waals surface area contributed by atoms with Gasteiger partial charge in [0, 0.05) is 13.0 Å². The average molecular weight is 365 g/mol. The first kappa shape index (κ1) is 16.6. The summed E-state index contributed by atoms with van der Waals surface area (Å²) >= 11 is 0. The van der Waals surface area contributed by atoms with Crippen LogP contribution in [0.15, 0.2) is 35.1 Å². The number of hydrogen-bond donors (Lipinski definition) is 0. The number of hydrogen-bond acceptors (Lipinski definition) is 5. The number of rotatable bonds is 4. The monoisotopic (exact) mass is 365 g/mol. The van der Waals surface area contributed by atoms with Crippen LogP contribution in [0.5, 0.6) is 0 Å². The number of amides is 1. The lowest BCUT2D eigenvalue weighted by atomic mass is 10.1. The lowest BCUT2D eigenvalue weighted by Gasteiger charge is -2.17. The summed E-state index contributed by atoms with van der Waals surface area (Å²) in [4.78, 5) is 21.1. The van der Waals surface area contributed by atoms with Crippen molar-refractivity contribution in [2.75, 3.05) is 13.1 Å². The van der Waals surface area contributed by atoms with Crippen LogP contribution in [0.3, 0.4) is 0 Å². The number of aromatic nitrogens is 4. The molecule has 0 radical (unpaired) electrons. The zero-order chi connectivity index (χ0) is 18.3. The number of alkyl halides is 3. The molecule has 10 heteroatoms. The number of fused-ring (bicyclic) bond motifs is 1. The summed E-state index contributed by atoms with van der Waals surface area (Å²) in [6.45, 7) is -1.02. The lowest BCUT2D eigenvalue weighted by Crippen LogP contribution is -2.35. The Bertz CT molecular complexity index is 949. The Morgan fingerprint density at radius 2 is 2.08 bits per heavy atom. The zero-order valence-corrected chi connectivity index (χ0v) is 13.5. The minimum atomic E-state index is -4.42. The highest BCUT2D eigenvalue weighted by Crippen LogP contribution is 2.29. The van der Waals surface area contributed by atoms with Gasteiger partial charge in [-0.2, -0.15) is 18.2 Å². The van der Waals surface area contributed by atoms with Crippen molar-refractivity contribution in [3.8, 4) is 0 Å². The van der Waals surface area contributed by atoms with Gasteiger partial charge in [0.1, 0.15) is 6.54 Å². The van der Waals surface area contributed by atoms with Gasteiger partial charge in [0.15, 0.2) is 5.82 Å². The molecule has 1 amide bonds. The first-order chi connectivity index (χ1) is 12.4. The number of halogens is 3. The first-order valence-electron chi connectivity index (χ1n) is 7.96. The van der Waals surface area contributed by atoms with Gasteiger partial charge in [0.25, 0.3) is 0 Å². The third-order valence-electron chi connectivity index (χ3n) is 4.26. The molecule has 0 saturated carbocycles. The Morgan fingerprint density at radius 3 is 2.88 bits per heavy atom. The zero-order valence-electron chi connectivity index (χ0n) is 13.5. The molecule has 0 bridgehead atoms. The van der Waals surface area contributed by atoms with Gasteiger partial charge in [-0.3, -0.25) is 4.79 Å². The van der Waals surface area contributed by atoms with E-state index in [2.05, 4.69) is 15.1 Å². The van der Waals surface area contributed by atoms with Crippen LogP contribution in [0.4, 0.5) is 13.2 Å². The second kappa shape index (κ2) is 6.11. The Morgan fingerprint density at radius 1 is 1.27 bits per heavy atom. The van der Waals surface area contributed by atoms with E-state index in [1.807, 2.05) is 28.8 Å². The van der Waals surface area contributed by atoms with Gasteiger partial charge in [0.2, 0.25) is 11.8 Å². The molecule has 136 valence electrons. The molecule has 2 aromatic heterocycles. The molecular formula is C16H14F3N5O2. The molecule has 3 aromatic rings. The molecule has 0 unspecified atom stereocenters. The van der Waals surface area contributed by atoms with E-state index in [1.54, 1.807) is 6.33 Å². The fourth-order valence-electron chi connectivity index (χ4n) is 3.09. The molecule has 1 aliphatic rings. The molecule has 3 heterocycles. The van der Waals surface area contributed by atoms with Crippen molar-refractivity contribution in [3.63, 3.8) is 0 Å². The van der Waals surface area contributed by atoms with Crippen LogP contribution < -0.4 is 0 Å². The van der Waals surface area contributed by atoms with Crippen molar-refractivity contribution >= 4 is 16.9 Å². The SMILES string of the molecule is O=C1C[C@@H](c2nc(Cn3cnc4ccccc43)no2)CN1CC(F)(F)F. The van der Waals surface area contributed by atoms with Crippen molar-refractivity contribution in [2.45, 2.75) is 25.1 Å². The van der Waals surface area contributed by atoms with Crippen molar-refractivity contribution < 1.29 is 22.5 Å². The van der Waals surface area contributed by atoms with E-state index in [9.17, 15) is 18.0 Å². The topological polar surface area (TPSA) is 77.0 Å². The van der Waals surface area contributed by atoms with Crippen molar-refractivity contribution in [3.05, 3.63) is 42.3 Å². The minimum Gasteiger partial charge on any atom is -0.339 e. The molecule has 0 N–H and O–H groups in total. The van der Waals surface area contributed by atoms with Crippen LogP contribution in [0, 0.1) is 0 Å². The standard InChI is InChI=1S/C16H14F3N5O2/c17-16(18,19)8-23-6-10(5-14(23)25)15-21-13(22-26-15)7-24-9-20-11-3-1-2-4-12(11)24/h1-4,9-10H,5-8H2/t10-/m1/s1. The van der Waals surface area contributed by atoms with Gasteiger partial charge >= 0.3 is 6.18 Å². The minimum absolute atomic E-state index is 0.0638. The van der Waals surface area contributed by atoms with Gasteiger partial charge in [-0.25, -0.2) is 4.98 Å². The van der Waals surface area contributed by atoms with Gasteiger partial charge in [-0.05, 0) is 12.1 Å². The number of carbonyl (C=O) groups excluding carboxylic acids is 1. The van der Waals surface area contributed by atoms with Gasteiger partial charge < -0.3 is 14.0 Å². The molecule has 7 nitrogen and oxygen atoms in total. The van der Waals surface area contributed by atoms with E-state index >= 15 is 0 Å². The Kier molecular flexibility index (Phi) is 3.89. The molecule has 4 rings (SSSR count).